The molecule has 1 spiro atoms. The summed E-state index contributed by atoms with van der Waals surface area (Å²) in [6.45, 7) is 1.13. The van der Waals surface area contributed by atoms with Crippen molar-refractivity contribution in [3.05, 3.63) is 36.8 Å². The van der Waals surface area contributed by atoms with Crippen LogP contribution in [0.15, 0.2) is 36.8 Å². The van der Waals surface area contributed by atoms with E-state index in [4.69, 9.17) is 19.9 Å². The van der Waals surface area contributed by atoms with Crippen LogP contribution in [-0.4, -0.2) is 51.1 Å². The van der Waals surface area contributed by atoms with Crippen molar-refractivity contribution in [1.82, 2.24) is 19.9 Å². The number of carbonyl (C=O) groups is 1. The van der Waals surface area contributed by atoms with Gasteiger partial charge < -0.3 is 29.8 Å². The lowest BCUT2D eigenvalue weighted by Gasteiger charge is -2.43. The quantitative estimate of drug-likeness (QED) is 0.597. The van der Waals surface area contributed by atoms with Crippen LogP contribution < -0.4 is 15.8 Å². The van der Waals surface area contributed by atoms with Gasteiger partial charge >= 0.3 is 6.09 Å². The molecule has 9 nitrogen and oxygen atoms in total. The number of amides is 1. The molecule has 5 heterocycles. The van der Waals surface area contributed by atoms with Crippen molar-refractivity contribution >= 4 is 22.9 Å². The number of nitrogens with zero attached hydrogens (tertiary/aromatic N) is 3. The van der Waals surface area contributed by atoms with Gasteiger partial charge in [0, 0.05) is 30.6 Å². The van der Waals surface area contributed by atoms with Gasteiger partial charge in [-0.15, -0.1) is 0 Å². The summed E-state index contributed by atoms with van der Waals surface area (Å²) in [7, 11) is 0. The van der Waals surface area contributed by atoms with Crippen molar-refractivity contribution in [2.45, 2.75) is 61.9 Å². The van der Waals surface area contributed by atoms with Crippen LogP contribution in [0, 0.1) is 0 Å². The molecule has 9 heteroatoms. The fourth-order valence-corrected chi connectivity index (χ4v) is 6.18. The highest BCUT2D eigenvalue weighted by molar-refractivity contribution is 6.00. The number of fused-ring (bicyclic) bond motifs is 3. The summed E-state index contributed by atoms with van der Waals surface area (Å²) in [5, 5.41) is 3.60. The lowest BCUT2D eigenvalue weighted by Crippen LogP contribution is -2.47. The minimum absolute atomic E-state index is 0.117. The molecule has 1 aromatic carbocycles. The zero-order valence-electron chi connectivity index (χ0n) is 18.8. The van der Waals surface area contributed by atoms with Crippen LogP contribution in [0.1, 0.15) is 44.6 Å². The molecule has 34 heavy (non-hydrogen) atoms. The van der Waals surface area contributed by atoms with Crippen molar-refractivity contribution in [3.8, 4) is 16.9 Å². The molecular formula is C25H27N5O4. The Kier molecular flexibility index (Phi) is 4.18. The highest BCUT2D eigenvalue weighted by Gasteiger charge is 2.52. The Morgan fingerprint density at radius 2 is 2.09 bits per heavy atom. The minimum atomic E-state index is -0.411. The van der Waals surface area contributed by atoms with E-state index in [0.29, 0.717) is 25.1 Å². The molecule has 2 bridgehead atoms. The van der Waals surface area contributed by atoms with E-state index < -0.39 is 5.60 Å². The third-order valence-electron chi connectivity index (χ3n) is 8.02. The molecule has 2 aromatic heterocycles. The number of nitrogens with one attached hydrogen (secondary N) is 1. The second-order valence-electron chi connectivity index (χ2n) is 10.2. The van der Waals surface area contributed by atoms with Crippen molar-refractivity contribution in [1.29, 1.82) is 0 Å². The Morgan fingerprint density at radius 3 is 2.82 bits per heavy atom. The van der Waals surface area contributed by atoms with Gasteiger partial charge in [-0.3, -0.25) is 0 Å². The number of benzene rings is 1. The molecule has 0 radical (unpaired) electrons. The molecule has 3 N–H and O–H groups in total. The molecular weight excluding hydrogens is 434 g/mol. The molecule has 3 aliphatic heterocycles. The van der Waals surface area contributed by atoms with Crippen LogP contribution in [0.4, 0.5) is 10.6 Å². The van der Waals surface area contributed by atoms with Crippen LogP contribution in [0.25, 0.3) is 22.2 Å². The number of rotatable bonds is 5. The number of hydrogen-bond acceptors (Lipinski definition) is 7. The molecule has 4 aliphatic rings. The van der Waals surface area contributed by atoms with Crippen molar-refractivity contribution in [2.75, 3.05) is 18.9 Å². The smallest absolute Gasteiger partial charge is 0.407 e. The number of anilines is 1. The summed E-state index contributed by atoms with van der Waals surface area (Å²) in [6.07, 6.45) is 9.58. The molecule has 176 valence electrons. The van der Waals surface area contributed by atoms with Gasteiger partial charge in [-0.2, -0.15) is 0 Å². The first-order chi connectivity index (χ1) is 16.5. The lowest BCUT2D eigenvalue weighted by molar-refractivity contribution is -0.0395. The Labute approximate surface area is 196 Å². The number of nitrogen functional groups attached to an aromatic ring is 1. The molecule has 1 amide bonds. The average molecular weight is 462 g/mol. The first-order valence-corrected chi connectivity index (χ1v) is 12.0. The molecule has 3 saturated heterocycles. The summed E-state index contributed by atoms with van der Waals surface area (Å²) < 4.78 is 20.1. The average Bonchev–Trinajstić information content (AvgIpc) is 3.59. The van der Waals surface area contributed by atoms with Gasteiger partial charge in [-0.05, 0) is 43.4 Å². The molecule has 7 rings (SSSR count). The van der Waals surface area contributed by atoms with Crippen LogP contribution >= 0.6 is 0 Å². The zero-order valence-corrected chi connectivity index (χ0v) is 18.8. The second kappa shape index (κ2) is 7.09. The van der Waals surface area contributed by atoms with Crippen LogP contribution in [0.2, 0.25) is 0 Å². The third kappa shape index (κ3) is 3.06. The Morgan fingerprint density at radius 1 is 1.24 bits per heavy atom. The van der Waals surface area contributed by atoms with Gasteiger partial charge in [-0.25, -0.2) is 14.8 Å². The van der Waals surface area contributed by atoms with E-state index in [1.165, 1.54) is 6.33 Å². The van der Waals surface area contributed by atoms with E-state index >= 15 is 0 Å². The highest BCUT2D eigenvalue weighted by Crippen LogP contribution is 2.48. The van der Waals surface area contributed by atoms with E-state index in [1.807, 2.05) is 12.1 Å². The molecule has 1 aliphatic carbocycles. The third-order valence-corrected chi connectivity index (χ3v) is 8.02. The predicted octanol–water partition coefficient (Wildman–Crippen LogP) is 3.58. The lowest BCUT2D eigenvalue weighted by atomic mass is 9.75. The van der Waals surface area contributed by atoms with Crippen molar-refractivity contribution < 1.29 is 19.0 Å². The van der Waals surface area contributed by atoms with Crippen LogP contribution in [-0.2, 0) is 9.47 Å². The van der Waals surface area contributed by atoms with E-state index in [2.05, 4.69) is 38.2 Å². The number of hydrogen-bond donors (Lipinski definition) is 2. The maximum atomic E-state index is 11.6. The summed E-state index contributed by atoms with van der Waals surface area (Å²) in [5.41, 5.74) is 8.56. The standard InChI is InChI=1S/C25H27N5O4/c26-21-20-19(15-2-1-3-18(8-15)32-13-24-6-4-17(33-24)5-7-24)11-30(22(20)29-14-28-21)16-9-25(10-16)12-27-23(31)34-25/h1-3,8,11,14,16-17H,4-7,9-10,12-13H2,(H,27,31)(H2,26,28,29). The number of ether oxygens (including phenoxy) is 3. The predicted molar refractivity (Wildman–Crippen MR) is 124 cm³/mol. The summed E-state index contributed by atoms with van der Waals surface area (Å²) >= 11 is 0. The molecule has 3 aromatic rings. The molecule has 0 atom stereocenters. The van der Waals surface area contributed by atoms with Gasteiger partial charge in [0.1, 0.15) is 41.4 Å². The van der Waals surface area contributed by atoms with E-state index in [0.717, 1.165) is 66.4 Å². The van der Waals surface area contributed by atoms with E-state index in [1.54, 1.807) is 0 Å². The maximum absolute atomic E-state index is 11.6. The summed E-state index contributed by atoms with van der Waals surface area (Å²) in [6, 6.07) is 8.26. The van der Waals surface area contributed by atoms with E-state index in [9.17, 15) is 4.79 Å². The maximum Gasteiger partial charge on any atom is 0.407 e. The fraction of sp³-hybridized carbons (Fsp3) is 0.480. The van der Waals surface area contributed by atoms with E-state index in [-0.39, 0.29) is 17.7 Å². The van der Waals surface area contributed by atoms with Crippen molar-refractivity contribution in [3.63, 3.8) is 0 Å². The van der Waals surface area contributed by atoms with Gasteiger partial charge in [-0.1, -0.05) is 12.1 Å². The van der Waals surface area contributed by atoms with Gasteiger partial charge in [0.15, 0.2) is 0 Å². The SMILES string of the molecule is Nc1ncnc2c1c(-c1cccc(OCC34CCC(CC3)O4)c1)cn2C1CC2(CNC(=O)O2)C1. The summed E-state index contributed by atoms with van der Waals surface area (Å²) in [4.78, 5) is 20.4. The van der Waals surface area contributed by atoms with Gasteiger partial charge in [0.25, 0.3) is 0 Å². The Balaban J connectivity index is 1.19. The highest BCUT2D eigenvalue weighted by atomic mass is 16.6. The van der Waals surface area contributed by atoms with Gasteiger partial charge in [0.05, 0.1) is 18.0 Å². The largest absolute Gasteiger partial charge is 0.491 e. The second-order valence-corrected chi connectivity index (χ2v) is 10.2. The first kappa shape index (κ1) is 20.1. The number of alkyl carbamates (subject to hydrolysis) is 1. The monoisotopic (exact) mass is 461 g/mol. The minimum Gasteiger partial charge on any atom is -0.491 e. The van der Waals surface area contributed by atoms with Crippen LogP contribution in [0.5, 0.6) is 5.75 Å². The molecule has 0 unspecified atom stereocenters. The normalized spacial score (nSPS) is 31.6. The summed E-state index contributed by atoms with van der Waals surface area (Å²) in [5.74, 6) is 1.26. The number of nitrogens with two attached hydrogens (primary N) is 1. The molecule has 1 saturated carbocycles. The number of aromatic nitrogens is 3. The first-order valence-electron chi connectivity index (χ1n) is 12.0. The topological polar surface area (TPSA) is 114 Å². The fourth-order valence-electron chi connectivity index (χ4n) is 6.18. The number of carbonyl (C=O) groups excluding carboxylic acids is 1. The van der Waals surface area contributed by atoms with Gasteiger partial charge in [0.2, 0.25) is 0 Å². The zero-order chi connectivity index (χ0) is 22.9. The molecule has 4 fully saturated rings. The Hall–Kier alpha value is -3.33. The van der Waals surface area contributed by atoms with Crippen LogP contribution in [0.3, 0.4) is 0 Å². The van der Waals surface area contributed by atoms with Crippen molar-refractivity contribution in [2.24, 2.45) is 0 Å². The Bertz CT molecular complexity index is 1290.